The van der Waals surface area contributed by atoms with Crippen molar-refractivity contribution in [3.8, 4) is 5.75 Å². The van der Waals surface area contributed by atoms with E-state index in [1.54, 1.807) is 0 Å². The summed E-state index contributed by atoms with van der Waals surface area (Å²) in [6.45, 7) is 0. The Hall–Kier alpha value is -2.05. The van der Waals surface area contributed by atoms with Crippen LogP contribution in [0.1, 0.15) is 22.3 Å². The highest BCUT2D eigenvalue weighted by Crippen LogP contribution is 2.29. The van der Waals surface area contributed by atoms with Gasteiger partial charge >= 0.3 is 5.97 Å². The molecule has 0 bridgehead atoms. The molecule has 0 aromatic heterocycles. The maximum atomic E-state index is 13.3. The lowest BCUT2D eigenvalue weighted by Crippen LogP contribution is -2.15. The van der Waals surface area contributed by atoms with E-state index in [2.05, 4.69) is 4.74 Å². The smallest absolute Gasteiger partial charge is 0.377 e. The van der Waals surface area contributed by atoms with E-state index in [0.717, 1.165) is 7.11 Å². The molecule has 0 unspecified atom stereocenters. The number of carboxylic acids is 1. The molecule has 92 valence electrons. The van der Waals surface area contributed by atoms with Crippen LogP contribution in [-0.2, 0) is 4.79 Å². The summed E-state index contributed by atoms with van der Waals surface area (Å²) in [5.74, 6) is -5.27. The molecule has 0 aliphatic carbocycles. The van der Waals surface area contributed by atoms with Gasteiger partial charge in [-0.1, -0.05) is 0 Å². The first-order chi connectivity index (χ1) is 7.88. The largest absolute Gasteiger partial charge is 0.493 e. The molecule has 4 nitrogen and oxygen atoms in total. The Bertz CT molecular complexity index is 471. The molecule has 0 aliphatic rings. The minimum atomic E-state index is -3.02. The van der Waals surface area contributed by atoms with E-state index in [1.807, 2.05) is 0 Å². The van der Waals surface area contributed by atoms with Crippen molar-refractivity contribution >= 4 is 11.8 Å². The fraction of sp³-hybridized carbons (Fsp3) is 0.200. The molecule has 17 heavy (non-hydrogen) atoms. The van der Waals surface area contributed by atoms with Crippen LogP contribution in [0.25, 0.3) is 0 Å². The molecule has 7 heteroatoms. The van der Waals surface area contributed by atoms with Gasteiger partial charge in [-0.3, -0.25) is 4.79 Å². The van der Waals surface area contributed by atoms with Gasteiger partial charge in [0.15, 0.2) is 11.6 Å². The normalized spacial score (nSPS) is 10.4. The van der Waals surface area contributed by atoms with Crippen molar-refractivity contribution in [2.75, 3.05) is 7.11 Å². The summed E-state index contributed by atoms with van der Waals surface area (Å²) in [6, 6.07) is 1.09. The number of carboxylic acid groups (broad SMARTS) is 1. The van der Waals surface area contributed by atoms with Crippen molar-refractivity contribution in [3.05, 3.63) is 29.1 Å². The van der Waals surface area contributed by atoms with Crippen LogP contribution in [0.5, 0.6) is 5.75 Å². The van der Waals surface area contributed by atoms with Crippen molar-refractivity contribution in [3.63, 3.8) is 0 Å². The van der Waals surface area contributed by atoms with Crippen LogP contribution in [-0.4, -0.2) is 24.0 Å². The highest BCUT2D eigenvalue weighted by Gasteiger charge is 2.24. The molecule has 1 N–H and O–H groups in total. The number of aliphatic carboxylic acids is 1. The van der Waals surface area contributed by atoms with Gasteiger partial charge in [-0.05, 0) is 12.1 Å². The second-order valence-electron chi connectivity index (χ2n) is 3.02. The van der Waals surface area contributed by atoms with Crippen molar-refractivity contribution in [2.24, 2.45) is 0 Å². The fourth-order valence-electron chi connectivity index (χ4n) is 1.23. The summed E-state index contributed by atoms with van der Waals surface area (Å²) in [5, 5.41) is 8.46. The summed E-state index contributed by atoms with van der Waals surface area (Å²) in [7, 11) is 0.999. The highest BCUT2D eigenvalue weighted by molar-refractivity contribution is 6.40. The number of alkyl halides is 2. The van der Waals surface area contributed by atoms with Crippen molar-refractivity contribution in [1.29, 1.82) is 0 Å². The average Bonchev–Trinajstić information content (AvgIpc) is 2.26. The molecule has 0 aliphatic heterocycles. The lowest BCUT2D eigenvalue weighted by molar-refractivity contribution is -0.131. The number of benzene rings is 1. The predicted octanol–water partition coefficient (Wildman–Crippen LogP) is 2.04. The lowest BCUT2D eigenvalue weighted by atomic mass is 10.1. The third-order valence-corrected chi connectivity index (χ3v) is 1.96. The molecule has 0 fully saturated rings. The van der Waals surface area contributed by atoms with E-state index in [0.29, 0.717) is 12.1 Å². The Labute approximate surface area is 93.6 Å². The van der Waals surface area contributed by atoms with E-state index in [-0.39, 0.29) is 0 Å². The first-order valence-corrected chi connectivity index (χ1v) is 4.31. The zero-order valence-corrected chi connectivity index (χ0v) is 8.54. The number of carbonyl (C=O) groups is 2. The molecular weight excluding hydrogens is 241 g/mol. The average molecular weight is 248 g/mol. The predicted molar refractivity (Wildman–Crippen MR) is 49.9 cm³/mol. The first kappa shape index (κ1) is 13.0. The van der Waals surface area contributed by atoms with Crippen LogP contribution in [0.15, 0.2) is 12.1 Å². The Balaban J connectivity index is 3.44. The Morgan fingerprint density at radius 2 is 1.94 bits per heavy atom. The third-order valence-electron chi connectivity index (χ3n) is 1.96. The molecule has 0 spiro atoms. The number of halogens is 3. The molecule has 0 radical (unpaired) electrons. The quantitative estimate of drug-likeness (QED) is 0.654. The number of ether oxygens (including phenoxy) is 1. The standard InChI is InChI=1S/C10H7F3O4/c1-17-8-5(7(14)10(15)16)2-4(9(12)13)3-6(8)11/h2-3,9H,1H3,(H,15,16). The highest BCUT2D eigenvalue weighted by atomic mass is 19.3. The van der Waals surface area contributed by atoms with Crippen LogP contribution in [0.4, 0.5) is 13.2 Å². The van der Waals surface area contributed by atoms with Crippen LogP contribution in [0, 0.1) is 5.82 Å². The molecule has 0 saturated heterocycles. The van der Waals surface area contributed by atoms with Gasteiger partial charge in [-0.15, -0.1) is 0 Å². The second-order valence-corrected chi connectivity index (χ2v) is 3.02. The number of carbonyl (C=O) groups excluding carboxylic acids is 1. The van der Waals surface area contributed by atoms with Crippen LogP contribution >= 0.6 is 0 Å². The molecule has 0 amide bonds. The molecule has 0 saturated carbocycles. The topological polar surface area (TPSA) is 63.6 Å². The van der Waals surface area contributed by atoms with Gasteiger partial charge in [-0.25, -0.2) is 18.0 Å². The van der Waals surface area contributed by atoms with Gasteiger partial charge in [0.1, 0.15) is 0 Å². The van der Waals surface area contributed by atoms with Gasteiger partial charge < -0.3 is 9.84 Å². The van der Waals surface area contributed by atoms with Crippen LogP contribution < -0.4 is 4.74 Å². The summed E-state index contributed by atoms with van der Waals surface area (Å²) in [6.07, 6.45) is -3.02. The number of hydrogen-bond donors (Lipinski definition) is 1. The number of hydrogen-bond acceptors (Lipinski definition) is 3. The van der Waals surface area contributed by atoms with Crippen molar-refractivity contribution in [2.45, 2.75) is 6.43 Å². The second kappa shape index (κ2) is 4.86. The van der Waals surface area contributed by atoms with E-state index >= 15 is 0 Å². The van der Waals surface area contributed by atoms with Crippen molar-refractivity contribution < 1.29 is 32.6 Å². The van der Waals surface area contributed by atoms with Crippen molar-refractivity contribution in [1.82, 2.24) is 0 Å². The van der Waals surface area contributed by atoms with Crippen LogP contribution in [0.3, 0.4) is 0 Å². The minimum absolute atomic E-state index is 0.488. The zero-order chi connectivity index (χ0) is 13.2. The molecule has 1 aromatic rings. The van der Waals surface area contributed by atoms with E-state index < -0.39 is 40.9 Å². The number of rotatable bonds is 4. The van der Waals surface area contributed by atoms with Gasteiger partial charge in [0.05, 0.1) is 12.7 Å². The number of Topliss-reactive ketones (excluding diaryl/α,β-unsaturated/α-hetero) is 1. The maximum Gasteiger partial charge on any atom is 0.377 e. The van der Waals surface area contributed by atoms with Crippen LogP contribution in [0.2, 0.25) is 0 Å². The van der Waals surface area contributed by atoms with Gasteiger partial charge in [0.25, 0.3) is 12.2 Å². The Morgan fingerprint density at radius 1 is 1.35 bits per heavy atom. The first-order valence-electron chi connectivity index (χ1n) is 4.31. The number of ketones is 1. The summed E-state index contributed by atoms with van der Waals surface area (Å²) >= 11 is 0. The Morgan fingerprint density at radius 3 is 2.35 bits per heavy atom. The molecule has 0 atom stereocenters. The molecule has 1 rings (SSSR count). The molecule has 0 heterocycles. The maximum absolute atomic E-state index is 13.3. The van der Waals surface area contributed by atoms with E-state index in [4.69, 9.17) is 5.11 Å². The van der Waals surface area contributed by atoms with Gasteiger partial charge in [0, 0.05) is 5.56 Å². The summed E-state index contributed by atoms with van der Waals surface area (Å²) in [5.41, 5.74) is -1.52. The number of methoxy groups -OCH3 is 1. The fourth-order valence-corrected chi connectivity index (χ4v) is 1.23. The summed E-state index contributed by atoms with van der Waals surface area (Å²) in [4.78, 5) is 21.6. The van der Waals surface area contributed by atoms with Gasteiger partial charge in [-0.2, -0.15) is 0 Å². The monoisotopic (exact) mass is 248 g/mol. The Kier molecular flexibility index (Phi) is 3.72. The third kappa shape index (κ3) is 2.55. The molecular formula is C10H7F3O4. The van der Waals surface area contributed by atoms with E-state index in [1.165, 1.54) is 0 Å². The van der Waals surface area contributed by atoms with E-state index in [9.17, 15) is 22.8 Å². The zero-order valence-electron chi connectivity index (χ0n) is 8.54. The lowest BCUT2D eigenvalue weighted by Gasteiger charge is -2.09. The minimum Gasteiger partial charge on any atom is -0.493 e. The summed E-state index contributed by atoms with van der Waals surface area (Å²) < 4.78 is 42.5. The SMILES string of the molecule is COc1c(F)cc(C(F)F)cc1C(=O)C(=O)O. The van der Waals surface area contributed by atoms with Gasteiger partial charge in [0.2, 0.25) is 0 Å². The molecule has 1 aromatic carbocycles.